The Hall–Kier alpha value is -4.04. The SMILES string of the molecule is C=CC=O.CN1CCCC(Nc2ncnc(Nc3ccc(Oc4ccccc4)cc3)c2C=N)C1. The third kappa shape index (κ3) is 7.25. The van der Waals surface area contributed by atoms with Gasteiger partial charge >= 0.3 is 0 Å². The van der Waals surface area contributed by atoms with Gasteiger partial charge in [0.1, 0.15) is 35.7 Å². The van der Waals surface area contributed by atoms with E-state index in [4.69, 9.17) is 14.9 Å². The fourth-order valence-electron chi connectivity index (χ4n) is 3.59. The van der Waals surface area contributed by atoms with E-state index in [0.717, 1.165) is 43.1 Å². The summed E-state index contributed by atoms with van der Waals surface area (Å²) in [5, 5.41) is 14.7. The van der Waals surface area contributed by atoms with Gasteiger partial charge in [-0.25, -0.2) is 9.97 Å². The van der Waals surface area contributed by atoms with Crippen molar-refractivity contribution in [2.24, 2.45) is 0 Å². The van der Waals surface area contributed by atoms with Crippen LogP contribution in [0.2, 0.25) is 0 Å². The summed E-state index contributed by atoms with van der Waals surface area (Å²) in [5.74, 6) is 2.84. The Balaban J connectivity index is 0.000000751. The molecule has 0 radical (unpaired) electrons. The standard InChI is InChI=1S/C23H26N6O.C3H4O/c1-29-13-5-6-18(15-29)28-23-21(14-24)22(25-16-26-23)27-17-9-11-20(12-10-17)30-19-7-3-2-4-8-19;1-2-3-4/h2-4,7-12,14,16,18,24H,5-6,13,15H2,1H3,(H2,25,26,27,28);2-3H,1H2. The molecule has 0 saturated carbocycles. The molecule has 2 heterocycles. The maximum Gasteiger partial charge on any atom is 0.144 e. The summed E-state index contributed by atoms with van der Waals surface area (Å²) in [6.07, 6.45) is 6.90. The topological polar surface area (TPSA) is 103 Å². The van der Waals surface area contributed by atoms with E-state index < -0.39 is 0 Å². The smallest absolute Gasteiger partial charge is 0.144 e. The summed E-state index contributed by atoms with van der Waals surface area (Å²) in [5.41, 5.74) is 1.51. The van der Waals surface area contributed by atoms with Gasteiger partial charge in [-0.05, 0) is 68.9 Å². The van der Waals surface area contributed by atoms with Crippen LogP contribution in [0.3, 0.4) is 0 Å². The molecule has 3 N–H and O–H groups in total. The number of hydrogen-bond acceptors (Lipinski definition) is 8. The maximum absolute atomic E-state index is 9.06. The van der Waals surface area contributed by atoms with Crippen LogP contribution < -0.4 is 15.4 Å². The van der Waals surface area contributed by atoms with Crippen molar-refractivity contribution >= 4 is 29.8 Å². The molecule has 0 aliphatic carbocycles. The van der Waals surface area contributed by atoms with Gasteiger partial charge in [0.05, 0.1) is 5.56 Å². The van der Waals surface area contributed by atoms with E-state index in [0.29, 0.717) is 29.5 Å². The second-order valence-electron chi connectivity index (χ2n) is 7.81. The van der Waals surface area contributed by atoms with Gasteiger partial charge in [0, 0.05) is 24.5 Å². The molecule has 2 aromatic carbocycles. The number of hydrogen-bond donors (Lipinski definition) is 3. The number of anilines is 3. The Morgan fingerprint density at radius 2 is 1.76 bits per heavy atom. The molecule has 0 spiro atoms. The summed E-state index contributed by atoms with van der Waals surface area (Å²) in [6, 6.07) is 17.7. The first-order valence-corrected chi connectivity index (χ1v) is 11.1. The molecule has 1 aliphatic rings. The van der Waals surface area contributed by atoms with Gasteiger partial charge in [-0.15, -0.1) is 0 Å². The minimum absolute atomic E-state index is 0.319. The van der Waals surface area contributed by atoms with E-state index in [1.165, 1.54) is 18.6 Å². The van der Waals surface area contributed by atoms with Gasteiger partial charge in [-0.1, -0.05) is 24.8 Å². The Labute approximate surface area is 200 Å². The molecule has 1 fully saturated rings. The van der Waals surface area contributed by atoms with Crippen molar-refractivity contribution in [1.82, 2.24) is 14.9 Å². The van der Waals surface area contributed by atoms with E-state index in [9.17, 15) is 0 Å². The zero-order valence-corrected chi connectivity index (χ0v) is 19.3. The molecule has 176 valence electrons. The van der Waals surface area contributed by atoms with Crippen molar-refractivity contribution in [1.29, 1.82) is 5.41 Å². The third-order valence-electron chi connectivity index (χ3n) is 5.19. The van der Waals surface area contributed by atoms with E-state index in [-0.39, 0.29) is 0 Å². The predicted molar refractivity (Wildman–Crippen MR) is 137 cm³/mol. The van der Waals surface area contributed by atoms with Crippen LogP contribution in [-0.4, -0.2) is 53.5 Å². The largest absolute Gasteiger partial charge is 0.457 e. The molecule has 1 aromatic heterocycles. The molecule has 34 heavy (non-hydrogen) atoms. The predicted octanol–water partition coefficient (Wildman–Crippen LogP) is 4.89. The normalized spacial score (nSPS) is 15.3. The van der Waals surface area contributed by atoms with Gasteiger partial charge in [-0.2, -0.15) is 0 Å². The van der Waals surface area contributed by atoms with E-state index in [1.807, 2.05) is 54.6 Å². The highest BCUT2D eigenvalue weighted by Crippen LogP contribution is 2.26. The second-order valence-corrected chi connectivity index (χ2v) is 7.81. The number of likely N-dealkylation sites (N-methyl/N-ethyl adjacent to an activating group) is 1. The molecule has 0 bridgehead atoms. The molecule has 8 nitrogen and oxygen atoms in total. The Morgan fingerprint density at radius 3 is 2.41 bits per heavy atom. The lowest BCUT2D eigenvalue weighted by atomic mass is 10.1. The van der Waals surface area contributed by atoms with Crippen molar-refractivity contribution in [3.63, 3.8) is 0 Å². The van der Waals surface area contributed by atoms with Crippen LogP contribution in [-0.2, 0) is 4.79 Å². The number of allylic oxidation sites excluding steroid dienone is 1. The highest BCUT2D eigenvalue weighted by atomic mass is 16.5. The van der Waals surface area contributed by atoms with Gasteiger partial charge in [0.25, 0.3) is 0 Å². The zero-order chi connectivity index (χ0) is 24.2. The summed E-state index contributed by atoms with van der Waals surface area (Å²) in [6.45, 7) is 5.20. The molecule has 1 unspecified atom stereocenters. The third-order valence-corrected chi connectivity index (χ3v) is 5.19. The number of ether oxygens (including phenoxy) is 1. The van der Waals surface area contributed by atoms with Crippen molar-refractivity contribution in [2.45, 2.75) is 18.9 Å². The fourth-order valence-corrected chi connectivity index (χ4v) is 3.59. The number of nitrogens with one attached hydrogen (secondary N) is 3. The second kappa shape index (κ2) is 12.9. The van der Waals surface area contributed by atoms with Crippen LogP contribution in [0.4, 0.5) is 17.3 Å². The number of likely N-dealkylation sites (tertiary alicyclic amines) is 1. The number of carbonyl (C=O) groups excluding carboxylic acids is 1. The number of rotatable bonds is 8. The number of nitrogens with zero attached hydrogens (tertiary/aromatic N) is 3. The Morgan fingerprint density at radius 1 is 1.09 bits per heavy atom. The summed E-state index contributed by atoms with van der Waals surface area (Å²) >= 11 is 0. The van der Waals surface area contributed by atoms with Crippen LogP contribution in [0.1, 0.15) is 18.4 Å². The first kappa shape index (κ1) is 24.6. The Bertz CT molecular complexity index is 1070. The molecule has 1 aliphatic heterocycles. The number of para-hydroxylation sites is 1. The van der Waals surface area contributed by atoms with Crippen LogP contribution in [0, 0.1) is 5.41 Å². The van der Waals surface area contributed by atoms with Crippen LogP contribution >= 0.6 is 0 Å². The average Bonchev–Trinajstić information content (AvgIpc) is 2.86. The minimum atomic E-state index is 0.319. The summed E-state index contributed by atoms with van der Waals surface area (Å²) in [7, 11) is 2.13. The van der Waals surface area contributed by atoms with E-state index >= 15 is 0 Å². The van der Waals surface area contributed by atoms with Crippen molar-refractivity contribution in [2.75, 3.05) is 30.8 Å². The number of aromatic nitrogens is 2. The molecule has 0 amide bonds. The van der Waals surface area contributed by atoms with Crippen molar-refractivity contribution in [3.8, 4) is 11.5 Å². The first-order valence-electron chi connectivity index (χ1n) is 11.1. The number of piperidine rings is 1. The lowest BCUT2D eigenvalue weighted by Gasteiger charge is -2.30. The lowest BCUT2D eigenvalue weighted by molar-refractivity contribution is -0.104. The summed E-state index contributed by atoms with van der Waals surface area (Å²) in [4.78, 5) is 20.1. The van der Waals surface area contributed by atoms with Crippen LogP contribution in [0.15, 0.2) is 73.6 Å². The molecular formula is C26H30N6O2. The molecule has 4 rings (SSSR count). The zero-order valence-electron chi connectivity index (χ0n) is 19.3. The maximum atomic E-state index is 9.06. The van der Waals surface area contributed by atoms with Crippen molar-refractivity contribution < 1.29 is 9.53 Å². The van der Waals surface area contributed by atoms with E-state index in [1.54, 1.807) is 0 Å². The van der Waals surface area contributed by atoms with Crippen LogP contribution in [0.25, 0.3) is 0 Å². The van der Waals surface area contributed by atoms with Gasteiger partial charge < -0.3 is 25.7 Å². The number of aldehydes is 1. The Kier molecular flexibility index (Phi) is 9.30. The van der Waals surface area contributed by atoms with Gasteiger partial charge in [-0.3, -0.25) is 4.79 Å². The van der Waals surface area contributed by atoms with Gasteiger partial charge in [0.15, 0.2) is 0 Å². The number of benzene rings is 2. The van der Waals surface area contributed by atoms with Gasteiger partial charge in [0.2, 0.25) is 0 Å². The fraction of sp³-hybridized carbons (Fsp3) is 0.231. The number of carbonyl (C=O) groups is 1. The van der Waals surface area contributed by atoms with Crippen LogP contribution in [0.5, 0.6) is 11.5 Å². The highest BCUT2D eigenvalue weighted by Gasteiger charge is 2.19. The average molecular weight is 459 g/mol. The lowest BCUT2D eigenvalue weighted by Crippen LogP contribution is -2.40. The quantitative estimate of drug-likeness (QED) is 0.251. The van der Waals surface area contributed by atoms with E-state index in [2.05, 4.69) is 39.1 Å². The molecule has 1 saturated heterocycles. The molecule has 1 atom stereocenters. The minimum Gasteiger partial charge on any atom is -0.457 e. The first-order chi connectivity index (χ1) is 16.6. The summed E-state index contributed by atoms with van der Waals surface area (Å²) < 4.78 is 5.84. The highest BCUT2D eigenvalue weighted by molar-refractivity contribution is 5.91. The molecular weight excluding hydrogens is 428 g/mol. The molecule has 3 aromatic rings. The monoisotopic (exact) mass is 458 g/mol. The molecule has 8 heteroatoms. The van der Waals surface area contributed by atoms with Crippen molar-refractivity contribution in [3.05, 3.63) is 79.1 Å².